The van der Waals surface area contributed by atoms with Gasteiger partial charge in [0.25, 0.3) is 0 Å². The molecular weight excluding hydrogens is 697 g/mol. The van der Waals surface area contributed by atoms with E-state index in [2.05, 4.69) is 115 Å². The van der Waals surface area contributed by atoms with Crippen LogP contribution in [0.2, 0.25) is 0 Å². The van der Waals surface area contributed by atoms with Gasteiger partial charge in [0.1, 0.15) is 0 Å². The molecule has 0 saturated carbocycles. The lowest BCUT2D eigenvalue weighted by Crippen LogP contribution is -2.17. The summed E-state index contributed by atoms with van der Waals surface area (Å²) in [7, 11) is 0. The van der Waals surface area contributed by atoms with Gasteiger partial charge >= 0.3 is 0 Å². The van der Waals surface area contributed by atoms with Gasteiger partial charge in [0.15, 0.2) is 11.6 Å². The highest BCUT2D eigenvalue weighted by Crippen LogP contribution is 2.59. The molecule has 2 aliphatic rings. The summed E-state index contributed by atoms with van der Waals surface area (Å²) in [4.78, 5) is 20.6. The summed E-state index contributed by atoms with van der Waals surface area (Å²) in [6.07, 6.45) is 0. The fourth-order valence-electron chi connectivity index (χ4n) is 8.31. The number of nitrogens with zero attached hydrogens (tertiary/aromatic N) is 4. The van der Waals surface area contributed by atoms with Crippen LogP contribution in [0.25, 0.3) is 72.8 Å². The van der Waals surface area contributed by atoms with E-state index in [1.54, 1.807) is 0 Å². The van der Waals surface area contributed by atoms with Crippen LogP contribution < -0.4 is 0 Å². The summed E-state index contributed by atoms with van der Waals surface area (Å²) in [5.74, 6) is 1.89. The fourth-order valence-corrected chi connectivity index (χ4v) is 10.9. The standard InChI is InChI=1S/C48H32N4S2/c1-48(2)37-28-32(21-23-33(37)35-24-26-42-44(43(35)48)54-41-20-12-11-19-40(41)53-42)31-22-25-39-36(27-31)34-17-9-10-18-38(34)52(39)47-50-45(29-13-5-3-6-14-29)49-46(51-47)30-15-7-4-8-16-30/h3-28H,1-2H3. The van der Waals surface area contributed by atoms with E-state index in [0.29, 0.717) is 17.6 Å². The first-order valence-electron chi connectivity index (χ1n) is 18.2. The molecule has 4 nitrogen and oxygen atoms in total. The molecule has 0 N–H and O–H groups in total. The molecule has 0 unspecified atom stereocenters. The van der Waals surface area contributed by atoms with Gasteiger partial charge in [-0.3, -0.25) is 4.57 Å². The van der Waals surface area contributed by atoms with Crippen molar-refractivity contribution in [3.63, 3.8) is 0 Å². The Kier molecular flexibility index (Phi) is 7.04. The maximum atomic E-state index is 5.11. The van der Waals surface area contributed by atoms with E-state index in [9.17, 15) is 0 Å². The number of aromatic nitrogens is 4. The molecule has 11 rings (SSSR count). The summed E-state index contributed by atoms with van der Waals surface area (Å²) < 4.78 is 2.19. The van der Waals surface area contributed by atoms with Crippen molar-refractivity contribution in [1.29, 1.82) is 0 Å². The van der Waals surface area contributed by atoms with E-state index < -0.39 is 0 Å². The average molecular weight is 729 g/mol. The second-order valence-corrected chi connectivity index (χ2v) is 16.6. The van der Waals surface area contributed by atoms with E-state index in [1.165, 1.54) is 53.0 Å². The van der Waals surface area contributed by atoms with Crippen LogP contribution in [0.4, 0.5) is 0 Å². The predicted octanol–water partition coefficient (Wildman–Crippen LogP) is 12.9. The minimum atomic E-state index is -0.141. The molecule has 1 aliphatic heterocycles. The van der Waals surface area contributed by atoms with Gasteiger partial charge in [0.2, 0.25) is 5.95 Å². The Balaban J connectivity index is 1.04. The predicted molar refractivity (Wildman–Crippen MR) is 223 cm³/mol. The molecule has 3 heterocycles. The van der Waals surface area contributed by atoms with Crippen molar-refractivity contribution in [1.82, 2.24) is 19.5 Å². The third-order valence-electron chi connectivity index (χ3n) is 10.9. The molecule has 54 heavy (non-hydrogen) atoms. The second-order valence-electron chi connectivity index (χ2n) is 14.5. The lowest BCUT2D eigenvalue weighted by atomic mass is 9.81. The molecule has 2 aromatic heterocycles. The molecule has 1 aliphatic carbocycles. The molecule has 0 fully saturated rings. The first-order valence-corrected chi connectivity index (χ1v) is 19.8. The molecule has 256 valence electrons. The highest BCUT2D eigenvalue weighted by atomic mass is 32.2. The Bertz CT molecular complexity index is 2910. The third kappa shape index (κ3) is 4.83. The van der Waals surface area contributed by atoms with Crippen LogP contribution in [0.5, 0.6) is 0 Å². The summed E-state index contributed by atoms with van der Waals surface area (Å²) in [5.41, 5.74) is 11.8. The zero-order valence-corrected chi connectivity index (χ0v) is 31.2. The van der Waals surface area contributed by atoms with E-state index >= 15 is 0 Å². The SMILES string of the molecule is CC1(C)c2cc(-c3ccc4c(c3)c3ccccc3n4-c3nc(-c4ccccc4)nc(-c4ccccc4)n3)ccc2-c2ccc3c(c21)Sc1ccccc1S3. The van der Waals surface area contributed by atoms with Crippen LogP contribution in [-0.4, -0.2) is 19.5 Å². The summed E-state index contributed by atoms with van der Waals surface area (Å²) >= 11 is 3.82. The monoisotopic (exact) mass is 728 g/mol. The number of rotatable bonds is 4. The summed E-state index contributed by atoms with van der Waals surface area (Å²) in [6.45, 7) is 4.79. The minimum Gasteiger partial charge on any atom is -0.278 e. The number of hydrogen-bond acceptors (Lipinski definition) is 5. The third-order valence-corrected chi connectivity index (χ3v) is 13.5. The Labute approximate surface area is 322 Å². The van der Waals surface area contributed by atoms with Gasteiger partial charge < -0.3 is 0 Å². The lowest BCUT2D eigenvalue weighted by Gasteiger charge is -2.28. The number of benzene rings is 7. The summed E-state index contributed by atoms with van der Waals surface area (Å²) in [5, 5.41) is 2.32. The van der Waals surface area contributed by atoms with Crippen molar-refractivity contribution in [3.8, 4) is 51.0 Å². The normalized spacial score (nSPS) is 13.7. The van der Waals surface area contributed by atoms with Crippen LogP contribution in [0.1, 0.15) is 25.0 Å². The van der Waals surface area contributed by atoms with E-state index in [1.807, 2.05) is 84.2 Å². The highest BCUT2D eigenvalue weighted by Gasteiger charge is 2.40. The van der Waals surface area contributed by atoms with Crippen molar-refractivity contribution in [2.75, 3.05) is 0 Å². The number of para-hydroxylation sites is 1. The van der Waals surface area contributed by atoms with Gasteiger partial charge in [0, 0.05) is 46.9 Å². The largest absolute Gasteiger partial charge is 0.278 e. The first kappa shape index (κ1) is 31.6. The maximum Gasteiger partial charge on any atom is 0.238 e. The molecule has 6 heteroatoms. The van der Waals surface area contributed by atoms with Crippen LogP contribution in [-0.2, 0) is 5.41 Å². The number of fused-ring (bicyclic) bond motifs is 9. The maximum absolute atomic E-state index is 5.11. The van der Waals surface area contributed by atoms with Gasteiger partial charge in [-0.25, -0.2) is 4.98 Å². The smallest absolute Gasteiger partial charge is 0.238 e. The van der Waals surface area contributed by atoms with Crippen molar-refractivity contribution < 1.29 is 0 Å². The molecule has 0 spiro atoms. The molecular formula is C48H32N4S2. The topological polar surface area (TPSA) is 43.6 Å². The van der Waals surface area contributed by atoms with Gasteiger partial charge in [-0.05, 0) is 75.8 Å². The van der Waals surface area contributed by atoms with E-state index in [4.69, 9.17) is 15.0 Å². The Morgan fingerprint density at radius 2 is 1.06 bits per heavy atom. The first-order chi connectivity index (χ1) is 26.5. The van der Waals surface area contributed by atoms with E-state index in [0.717, 1.165) is 32.9 Å². The van der Waals surface area contributed by atoms with Gasteiger partial charge in [-0.2, -0.15) is 9.97 Å². The molecule has 0 atom stereocenters. The van der Waals surface area contributed by atoms with Crippen LogP contribution in [0.15, 0.2) is 177 Å². The zero-order chi connectivity index (χ0) is 36.0. The molecule has 0 bridgehead atoms. The average Bonchev–Trinajstić information content (AvgIpc) is 3.68. The van der Waals surface area contributed by atoms with Gasteiger partial charge in [0.05, 0.1) is 11.0 Å². The number of hydrogen-bond donors (Lipinski definition) is 0. The molecule has 0 amide bonds. The lowest BCUT2D eigenvalue weighted by molar-refractivity contribution is 0.642. The summed E-state index contributed by atoms with van der Waals surface area (Å²) in [6, 6.07) is 56.2. The fraction of sp³-hybridized carbons (Fsp3) is 0.0625. The van der Waals surface area contributed by atoms with Crippen molar-refractivity contribution in [2.24, 2.45) is 0 Å². The van der Waals surface area contributed by atoms with E-state index in [-0.39, 0.29) is 5.41 Å². The Morgan fingerprint density at radius 1 is 0.463 bits per heavy atom. The van der Waals surface area contributed by atoms with Crippen LogP contribution in [0, 0.1) is 0 Å². The van der Waals surface area contributed by atoms with Crippen LogP contribution >= 0.6 is 23.5 Å². The molecule has 7 aromatic carbocycles. The zero-order valence-electron chi connectivity index (χ0n) is 29.6. The Hall–Kier alpha value is -5.95. The van der Waals surface area contributed by atoms with Crippen molar-refractivity contribution in [3.05, 3.63) is 169 Å². The van der Waals surface area contributed by atoms with Crippen molar-refractivity contribution >= 4 is 45.3 Å². The minimum absolute atomic E-state index is 0.141. The van der Waals surface area contributed by atoms with Gasteiger partial charge in [-0.1, -0.05) is 153 Å². The molecule has 0 radical (unpaired) electrons. The quantitative estimate of drug-likeness (QED) is 0.180. The van der Waals surface area contributed by atoms with Gasteiger partial charge in [-0.15, -0.1) is 0 Å². The van der Waals surface area contributed by atoms with Crippen molar-refractivity contribution in [2.45, 2.75) is 38.8 Å². The molecule has 0 saturated heterocycles. The van der Waals surface area contributed by atoms with Crippen LogP contribution in [0.3, 0.4) is 0 Å². The second kappa shape index (κ2) is 12.0. The Morgan fingerprint density at radius 3 is 1.80 bits per heavy atom. The molecule has 9 aromatic rings. The highest BCUT2D eigenvalue weighted by molar-refractivity contribution is 8.05.